The summed E-state index contributed by atoms with van der Waals surface area (Å²) < 4.78 is 45.4. The van der Waals surface area contributed by atoms with E-state index in [9.17, 15) is 18.0 Å². The second kappa shape index (κ2) is 6.54. The van der Waals surface area contributed by atoms with Gasteiger partial charge in [0.15, 0.2) is 5.65 Å². The van der Waals surface area contributed by atoms with E-state index >= 15 is 0 Å². The predicted molar refractivity (Wildman–Crippen MR) is 84.6 cm³/mol. The Morgan fingerprint density at radius 3 is 2.76 bits per heavy atom. The lowest BCUT2D eigenvalue weighted by Crippen LogP contribution is -2.15. The molecular weight excluding hydrogens is 335 g/mol. The molecule has 0 radical (unpaired) electrons. The normalized spacial score (nSPS) is 11.7. The maximum absolute atomic E-state index is 13.0. The van der Waals surface area contributed by atoms with Gasteiger partial charge in [0.25, 0.3) is 0 Å². The van der Waals surface area contributed by atoms with Gasteiger partial charge >= 0.3 is 12.1 Å². The average molecular weight is 349 g/mol. The number of esters is 1. The molecule has 0 N–H and O–H groups in total. The average Bonchev–Trinajstić information content (AvgIpc) is 2.93. The lowest BCUT2D eigenvalue weighted by atomic mass is 10.1. The third-order valence-corrected chi connectivity index (χ3v) is 3.54. The van der Waals surface area contributed by atoms with E-state index in [1.807, 2.05) is 0 Å². The number of aromatic nitrogens is 3. The van der Waals surface area contributed by atoms with Gasteiger partial charge in [0.05, 0.1) is 12.2 Å². The summed E-state index contributed by atoms with van der Waals surface area (Å²) in [6, 6.07) is 8.15. The Kier molecular flexibility index (Phi) is 4.43. The largest absolute Gasteiger partial charge is 0.465 e. The minimum atomic E-state index is -4.47. The molecule has 0 atom stereocenters. The van der Waals surface area contributed by atoms with Gasteiger partial charge in [-0.2, -0.15) is 13.2 Å². The van der Waals surface area contributed by atoms with Gasteiger partial charge in [0, 0.05) is 11.8 Å². The summed E-state index contributed by atoms with van der Waals surface area (Å²) >= 11 is 0. The topological polar surface area (TPSA) is 57.0 Å². The first-order valence-corrected chi connectivity index (χ1v) is 7.54. The lowest BCUT2D eigenvalue weighted by Gasteiger charge is -2.11. The van der Waals surface area contributed by atoms with Crippen LogP contribution in [-0.4, -0.2) is 27.1 Å². The molecule has 3 rings (SSSR count). The highest BCUT2D eigenvalue weighted by molar-refractivity contribution is 5.80. The molecule has 0 aliphatic rings. The molecule has 2 heterocycles. The Balaban J connectivity index is 2.14. The summed E-state index contributed by atoms with van der Waals surface area (Å²) in [5.74, 6) is -0.284. The van der Waals surface area contributed by atoms with E-state index in [1.165, 1.54) is 22.9 Å². The molecule has 25 heavy (non-hydrogen) atoms. The molecule has 130 valence electrons. The first kappa shape index (κ1) is 16.9. The van der Waals surface area contributed by atoms with Crippen molar-refractivity contribution in [1.82, 2.24) is 14.5 Å². The van der Waals surface area contributed by atoms with E-state index in [1.54, 1.807) is 19.1 Å². The molecule has 0 saturated carbocycles. The molecule has 0 bridgehead atoms. The van der Waals surface area contributed by atoms with Gasteiger partial charge < -0.3 is 4.74 Å². The van der Waals surface area contributed by atoms with Crippen molar-refractivity contribution in [1.29, 1.82) is 0 Å². The van der Waals surface area contributed by atoms with Crippen molar-refractivity contribution in [2.45, 2.75) is 19.6 Å². The Morgan fingerprint density at radius 1 is 1.24 bits per heavy atom. The van der Waals surface area contributed by atoms with Crippen LogP contribution in [0.25, 0.3) is 22.6 Å². The molecule has 2 aromatic heterocycles. The summed E-state index contributed by atoms with van der Waals surface area (Å²) in [5.41, 5.74) is 0.354. The van der Waals surface area contributed by atoms with E-state index in [-0.39, 0.29) is 24.5 Å². The summed E-state index contributed by atoms with van der Waals surface area (Å²) in [4.78, 5) is 20.4. The van der Waals surface area contributed by atoms with Gasteiger partial charge in [-0.15, -0.1) is 0 Å². The van der Waals surface area contributed by atoms with Crippen LogP contribution in [0.3, 0.4) is 0 Å². The Bertz CT molecular complexity index is 919. The van der Waals surface area contributed by atoms with E-state index in [4.69, 9.17) is 4.74 Å². The highest BCUT2D eigenvalue weighted by Gasteiger charge is 2.31. The number of carbonyl (C=O) groups excluding carboxylic acids is 1. The third-order valence-electron chi connectivity index (χ3n) is 3.54. The quantitative estimate of drug-likeness (QED) is 0.674. The monoisotopic (exact) mass is 349 g/mol. The van der Waals surface area contributed by atoms with Crippen molar-refractivity contribution in [2.24, 2.45) is 0 Å². The fraction of sp³-hybridized carbons (Fsp3) is 0.235. The molecule has 0 saturated heterocycles. The molecular formula is C17H14F3N3O2. The van der Waals surface area contributed by atoms with Gasteiger partial charge in [-0.05, 0) is 31.2 Å². The molecule has 0 amide bonds. The molecule has 8 heteroatoms. The number of alkyl halides is 3. The van der Waals surface area contributed by atoms with E-state index in [0.717, 1.165) is 12.1 Å². The number of carbonyl (C=O) groups is 1. The van der Waals surface area contributed by atoms with Gasteiger partial charge in [-0.1, -0.05) is 12.1 Å². The Labute approximate surface area is 141 Å². The number of pyridine rings is 1. The molecule has 0 unspecified atom stereocenters. The summed E-state index contributed by atoms with van der Waals surface area (Å²) in [6.45, 7) is 1.70. The zero-order valence-electron chi connectivity index (χ0n) is 13.2. The number of rotatable bonds is 4. The van der Waals surface area contributed by atoms with Gasteiger partial charge in [-0.3, -0.25) is 9.36 Å². The van der Waals surface area contributed by atoms with E-state index in [0.29, 0.717) is 11.2 Å². The number of nitrogens with zero attached hydrogens (tertiary/aromatic N) is 3. The molecule has 0 fully saturated rings. The zero-order chi connectivity index (χ0) is 18.0. The summed E-state index contributed by atoms with van der Waals surface area (Å²) in [7, 11) is 0. The minimum Gasteiger partial charge on any atom is -0.465 e. The standard InChI is InChI=1S/C17H14F3N3O2/c1-2-25-14(24)10-23-15(22-13-7-4-8-21-16(13)23)11-5-3-6-12(9-11)17(18,19)20/h3-9H,2,10H2,1H3. The van der Waals surface area contributed by atoms with Crippen LogP contribution in [0, 0.1) is 0 Å². The molecule has 3 aromatic rings. The van der Waals surface area contributed by atoms with E-state index < -0.39 is 17.7 Å². The van der Waals surface area contributed by atoms with Crippen LogP contribution in [0.2, 0.25) is 0 Å². The molecule has 0 aliphatic carbocycles. The first-order valence-electron chi connectivity index (χ1n) is 7.54. The van der Waals surface area contributed by atoms with E-state index in [2.05, 4.69) is 9.97 Å². The number of imidazole rings is 1. The number of benzene rings is 1. The van der Waals surface area contributed by atoms with Gasteiger partial charge in [0.2, 0.25) is 0 Å². The van der Waals surface area contributed by atoms with Crippen molar-refractivity contribution in [3.63, 3.8) is 0 Å². The summed E-state index contributed by atoms with van der Waals surface area (Å²) in [5, 5.41) is 0. The SMILES string of the molecule is CCOC(=O)Cn1c(-c2cccc(C(F)(F)F)c2)nc2cccnc21. The Hall–Kier alpha value is -2.90. The number of hydrogen-bond donors (Lipinski definition) is 0. The maximum atomic E-state index is 13.0. The Morgan fingerprint density at radius 2 is 2.04 bits per heavy atom. The smallest absolute Gasteiger partial charge is 0.416 e. The number of ether oxygens (including phenoxy) is 1. The fourth-order valence-electron chi connectivity index (χ4n) is 2.50. The first-order chi connectivity index (χ1) is 11.9. The van der Waals surface area contributed by atoms with Crippen LogP contribution in [0.1, 0.15) is 12.5 Å². The van der Waals surface area contributed by atoms with Crippen LogP contribution in [0.15, 0.2) is 42.6 Å². The highest BCUT2D eigenvalue weighted by Crippen LogP contribution is 2.32. The van der Waals surface area contributed by atoms with Crippen molar-refractivity contribution >= 4 is 17.1 Å². The molecule has 5 nitrogen and oxygen atoms in total. The van der Waals surface area contributed by atoms with Crippen molar-refractivity contribution in [3.8, 4) is 11.4 Å². The van der Waals surface area contributed by atoms with Crippen molar-refractivity contribution in [2.75, 3.05) is 6.61 Å². The van der Waals surface area contributed by atoms with Gasteiger partial charge in [-0.25, -0.2) is 9.97 Å². The molecule has 0 spiro atoms. The van der Waals surface area contributed by atoms with Crippen LogP contribution < -0.4 is 0 Å². The van der Waals surface area contributed by atoms with Crippen molar-refractivity contribution < 1.29 is 22.7 Å². The number of fused-ring (bicyclic) bond motifs is 1. The minimum absolute atomic E-state index is 0.188. The maximum Gasteiger partial charge on any atom is 0.416 e. The van der Waals surface area contributed by atoms with Crippen LogP contribution in [-0.2, 0) is 22.3 Å². The van der Waals surface area contributed by atoms with Crippen LogP contribution in [0.5, 0.6) is 0 Å². The molecule has 0 aliphatic heterocycles. The highest BCUT2D eigenvalue weighted by atomic mass is 19.4. The van der Waals surface area contributed by atoms with Crippen LogP contribution in [0.4, 0.5) is 13.2 Å². The lowest BCUT2D eigenvalue weighted by molar-refractivity contribution is -0.143. The molecule has 1 aromatic carbocycles. The number of hydrogen-bond acceptors (Lipinski definition) is 4. The number of halogens is 3. The third kappa shape index (κ3) is 3.47. The van der Waals surface area contributed by atoms with Crippen molar-refractivity contribution in [3.05, 3.63) is 48.2 Å². The van der Waals surface area contributed by atoms with Crippen LogP contribution >= 0.6 is 0 Å². The fourth-order valence-corrected chi connectivity index (χ4v) is 2.50. The second-order valence-corrected chi connectivity index (χ2v) is 5.25. The van der Waals surface area contributed by atoms with Gasteiger partial charge in [0.1, 0.15) is 17.9 Å². The second-order valence-electron chi connectivity index (χ2n) is 5.25. The predicted octanol–water partition coefficient (Wildman–Crippen LogP) is 3.68. The zero-order valence-corrected chi connectivity index (χ0v) is 13.2. The summed E-state index contributed by atoms with van der Waals surface area (Å²) in [6.07, 6.45) is -2.94.